The molecule has 0 aromatic heterocycles. The fraction of sp³-hybridized carbons (Fsp3) is 0.333. The maximum atomic E-state index is 9.93. The normalized spacial score (nSPS) is 26.6. The molecule has 3 heterocycles. The zero-order valence-electron chi connectivity index (χ0n) is 12.9. The predicted molar refractivity (Wildman–Crippen MR) is 85.1 cm³/mol. The van der Waals surface area contributed by atoms with E-state index in [2.05, 4.69) is 19.2 Å². The minimum atomic E-state index is -0.0395. The second-order valence-corrected chi connectivity index (χ2v) is 6.84. The lowest BCUT2D eigenvalue weighted by molar-refractivity contribution is 0.173. The van der Waals surface area contributed by atoms with Crippen LogP contribution in [-0.2, 0) is 12.8 Å². The third-order valence-corrected chi connectivity index (χ3v) is 5.67. The highest BCUT2D eigenvalue weighted by molar-refractivity contribution is 5.66. The van der Waals surface area contributed by atoms with Crippen LogP contribution in [0.4, 0.5) is 5.69 Å². The predicted octanol–water partition coefficient (Wildman–Crippen LogP) is 2.62. The Kier molecular flexibility index (Phi) is 2.34. The van der Waals surface area contributed by atoms with Gasteiger partial charge >= 0.3 is 0 Å². The van der Waals surface area contributed by atoms with Crippen LogP contribution in [0.1, 0.15) is 22.7 Å². The minimum Gasteiger partial charge on any atom is -0.504 e. The van der Waals surface area contributed by atoms with Gasteiger partial charge in [-0.15, -0.1) is 0 Å². The molecule has 5 nitrogen and oxygen atoms in total. The second-order valence-electron chi connectivity index (χ2n) is 6.84. The molecule has 3 aliphatic rings. The number of rotatable bonds is 0. The standard InChI is InChI=1S/C18H17NO4/c1-19-3-2-10-5-15(20)16(21)7-12(10)14(19)4-11-6-17-18(8-13(11)19)23-9-22-17/h5-8,14H,2-4,9H2,1H3,(H-,20,21)/p+1. The van der Waals surface area contributed by atoms with Crippen molar-refractivity contribution < 1.29 is 19.7 Å². The molecule has 3 aliphatic heterocycles. The molecule has 2 N–H and O–H groups in total. The molecular weight excluding hydrogens is 294 g/mol. The number of fused-ring (bicyclic) bond motifs is 6. The molecule has 0 saturated heterocycles. The SMILES string of the molecule is C[N+]12CCc3cc(O)c(O)cc3C1Cc1cc3c(cc12)OCO3. The first-order chi connectivity index (χ1) is 11.1. The maximum absolute atomic E-state index is 9.93. The first kappa shape index (κ1) is 13.1. The molecule has 23 heavy (non-hydrogen) atoms. The van der Waals surface area contributed by atoms with E-state index >= 15 is 0 Å². The van der Waals surface area contributed by atoms with Crippen molar-refractivity contribution in [2.24, 2.45) is 0 Å². The summed E-state index contributed by atoms with van der Waals surface area (Å²) in [5.41, 5.74) is 4.82. The average Bonchev–Trinajstić information content (AvgIpc) is 3.09. The molecule has 5 rings (SSSR count). The first-order valence-corrected chi connectivity index (χ1v) is 7.89. The molecule has 0 spiro atoms. The van der Waals surface area contributed by atoms with E-state index in [1.54, 1.807) is 12.1 Å². The average molecular weight is 312 g/mol. The molecule has 0 fully saturated rings. The van der Waals surface area contributed by atoms with Crippen molar-refractivity contribution in [3.8, 4) is 23.0 Å². The summed E-state index contributed by atoms with van der Waals surface area (Å²) in [6.07, 6.45) is 1.78. The molecule has 0 amide bonds. The van der Waals surface area contributed by atoms with Crippen LogP contribution < -0.4 is 14.0 Å². The van der Waals surface area contributed by atoms with Crippen molar-refractivity contribution >= 4 is 5.69 Å². The number of nitrogens with zero attached hydrogens (tertiary/aromatic N) is 1. The Hall–Kier alpha value is -2.40. The Morgan fingerprint density at radius 3 is 2.57 bits per heavy atom. The number of phenolic OH excluding ortho intramolecular Hbond substituents is 2. The van der Waals surface area contributed by atoms with E-state index < -0.39 is 0 Å². The van der Waals surface area contributed by atoms with Crippen LogP contribution >= 0.6 is 0 Å². The van der Waals surface area contributed by atoms with Gasteiger partial charge in [-0.2, -0.15) is 0 Å². The third kappa shape index (κ3) is 1.60. The Morgan fingerprint density at radius 2 is 1.74 bits per heavy atom. The molecule has 2 aromatic carbocycles. The highest BCUT2D eigenvalue weighted by atomic mass is 16.7. The van der Waals surface area contributed by atoms with Crippen LogP contribution in [0.2, 0.25) is 0 Å². The van der Waals surface area contributed by atoms with E-state index in [-0.39, 0.29) is 17.5 Å². The summed E-state index contributed by atoms with van der Waals surface area (Å²) >= 11 is 0. The van der Waals surface area contributed by atoms with Crippen molar-refractivity contribution in [1.82, 2.24) is 4.48 Å². The highest BCUT2D eigenvalue weighted by Gasteiger charge is 2.48. The number of hydrogen-bond donors (Lipinski definition) is 2. The molecule has 0 saturated carbocycles. The van der Waals surface area contributed by atoms with E-state index in [0.717, 1.165) is 46.5 Å². The number of phenols is 2. The molecule has 0 aliphatic carbocycles. The molecule has 5 heteroatoms. The molecule has 0 radical (unpaired) electrons. The first-order valence-electron chi connectivity index (χ1n) is 7.89. The monoisotopic (exact) mass is 312 g/mol. The van der Waals surface area contributed by atoms with Gasteiger partial charge in [-0.05, 0) is 23.8 Å². The summed E-state index contributed by atoms with van der Waals surface area (Å²) in [4.78, 5) is 0. The van der Waals surface area contributed by atoms with E-state index in [1.165, 1.54) is 11.3 Å². The zero-order valence-corrected chi connectivity index (χ0v) is 12.9. The van der Waals surface area contributed by atoms with E-state index in [1.807, 2.05) is 0 Å². The summed E-state index contributed by atoms with van der Waals surface area (Å²) < 4.78 is 11.9. The Bertz CT molecular complexity index is 847. The Morgan fingerprint density at radius 1 is 1.00 bits per heavy atom. The van der Waals surface area contributed by atoms with Gasteiger partial charge in [0.15, 0.2) is 23.0 Å². The maximum Gasteiger partial charge on any atom is 0.231 e. The quantitative estimate of drug-likeness (QED) is 0.580. The van der Waals surface area contributed by atoms with Crippen molar-refractivity contribution in [2.75, 3.05) is 20.4 Å². The lowest BCUT2D eigenvalue weighted by Gasteiger charge is -2.41. The van der Waals surface area contributed by atoms with Crippen molar-refractivity contribution in [2.45, 2.75) is 18.9 Å². The van der Waals surface area contributed by atoms with Gasteiger partial charge in [-0.25, -0.2) is 0 Å². The molecule has 2 aromatic rings. The molecular formula is C18H18NO4+. The van der Waals surface area contributed by atoms with Gasteiger partial charge in [-0.3, -0.25) is 4.48 Å². The van der Waals surface area contributed by atoms with Gasteiger partial charge in [0.2, 0.25) is 6.79 Å². The Labute approximate surface area is 133 Å². The van der Waals surface area contributed by atoms with Gasteiger partial charge in [0.1, 0.15) is 11.7 Å². The fourth-order valence-electron chi connectivity index (χ4n) is 4.40. The van der Waals surface area contributed by atoms with Crippen molar-refractivity contribution in [3.05, 3.63) is 41.0 Å². The lowest BCUT2D eigenvalue weighted by atomic mass is 9.90. The summed E-state index contributed by atoms with van der Waals surface area (Å²) in [6.45, 7) is 1.26. The third-order valence-electron chi connectivity index (χ3n) is 5.67. The van der Waals surface area contributed by atoms with E-state index in [9.17, 15) is 10.2 Å². The zero-order chi connectivity index (χ0) is 15.8. The van der Waals surface area contributed by atoms with E-state index in [0.29, 0.717) is 6.79 Å². The van der Waals surface area contributed by atoms with Gasteiger partial charge in [-0.1, -0.05) is 0 Å². The largest absolute Gasteiger partial charge is 0.504 e. The summed E-state index contributed by atoms with van der Waals surface area (Å²) in [7, 11) is 2.24. The molecule has 0 bridgehead atoms. The van der Waals surface area contributed by atoms with Crippen LogP contribution in [0.25, 0.3) is 0 Å². The van der Waals surface area contributed by atoms with Crippen molar-refractivity contribution in [1.29, 1.82) is 0 Å². The number of benzene rings is 2. The van der Waals surface area contributed by atoms with Gasteiger partial charge in [0, 0.05) is 30.0 Å². The van der Waals surface area contributed by atoms with Gasteiger partial charge < -0.3 is 19.7 Å². The van der Waals surface area contributed by atoms with Crippen LogP contribution in [0.5, 0.6) is 23.0 Å². The lowest BCUT2D eigenvalue weighted by Crippen LogP contribution is -2.50. The number of quaternary nitrogens is 1. The molecule has 118 valence electrons. The van der Waals surface area contributed by atoms with Crippen molar-refractivity contribution in [3.63, 3.8) is 0 Å². The smallest absolute Gasteiger partial charge is 0.231 e. The number of hydrogen-bond acceptors (Lipinski definition) is 4. The summed E-state index contributed by atoms with van der Waals surface area (Å²) in [5.74, 6) is 1.57. The summed E-state index contributed by atoms with van der Waals surface area (Å²) in [5, 5.41) is 19.7. The van der Waals surface area contributed by atoms with Crippen LogP contribution in [0.15, 0.2) is 24.3 Å². The number of aromatic hydroxyl groups is 2. The Balaban J connectivity index is 1.68. The van der Waals surface area contributed by atoms with Gasteiger partial charge in [0.05, 0.1) is 13.6 Å². The fourth-order valence-corrected chi connectivity index (χ4v) is 4.40. The number of ether oxygens (including phenoxy) is 2. The minimum absolute atomic E-state index is 0.0314. The number of likely N-dealkylation sites (N-methyl/N-ethyl adjacent to an activating group) is 1. The topological polar surface area (TPSA) is 58.9 Å². The van der Waals surface area contributed by atoms with Crippen LogP contribution in [0.3, 0.4) is 0 Å². The molecule has 2 unspecified atom stereocenters. The second kappa shape index (κ2) is 4.11. The van der Waals surface area contributed by atoms with Crippen LogP contribution in [-0.4, -0.2) is 30.6 Å². The van der Waals surface area contributed by atoms with E-state index in [4.69, 9.17) is 9.47 Å². The highest BCUT2D eigenvalue weighted by Crippen LogP contribution is 2.53. The van der Waals surface area contributed by atoms with Crippen LogP contribution in [0, 0.1) is 0 Å². The molecule has 2 atom stereocenters. The van der Waals surface area contributed by atoms with Gasteiger partial charge in [0.25, 0.3) is 0 Å². The summed E-state index contributed by atoms with van der Waals surface area (Å²) in [6, 6.07) is 7.91.